The van der Waals surface area contributed by atoms with Gasteiger partial charge in [0.1, 0.15) is 17.5 Å². The van der Waals surface area contributed by atoms with Crippen LogP contribution in [0.1, 0.15) is 30.0 Å². The molecule has 15 heavy (non-hydrogen) atoms. The van der Waals surface area contributed by atoms with Crippen molar-refractivity contribution in [3.63, 3.8) is 0 Å². The molecule has 0 radical (unpaired) electrons. The fourth-order valence-electron chi connectivity index (χ4n) is 2.05. The molecule has 2 heterocycles. The molecular weight excluding hydrogens is 190 g/mol. The Kier molecular flexibility index (Phi) is 2.60. The number of piperidine rings is 1. The Balaban J connectivity index is 2.35. The van der Waals surface area contributed by atoms with E-state index in [2.05, 4.69) is 16.5 Å². The van der Waals surface area contributed by atoms with Crippen LogP contribution in [-0.2, 0) is 7.05 Å². The van der Waals surface area contributed by atoms with Crippen molar-refractivity contribution in [2.45, 2.75) is 18.8 Å². The van der Waals surface area contributed by atoms with E-state index < -0.39 is 0 Å². The molecule has 2 rings (SSSR count). The topological polar surface area (TPSA) is 79.7 Å². The Morgan fingerprint density at radius 1 is 1.53 bits per heavy atom. The van der Waals surface area contributed by atoms with E-state index in [-0.39, 0.29) is 0 Å². The minimum absolute atomic E-state index is 0.379. The summed E-state index contributed by atoms with van der Waals surface area (Å²) >= 11 is 0. The standard InChI is InChI=1S/C10H15N5/c1-15-10(12)8(6-11)9(14-15)7-2-4-13-5-3-7/h7,13H,2-5,12H2,1H3. The number of aromatic nitrogens is 2. The highest BCUT2D eigenvalue weighted by Crippen LogP contribution is 2.29. The van der Waals surface area contributed by atoms with Gasteiger partial charge in [0.25, 0.3) is 0 Å². The molecule has 5 heteroatoms. The van der Waals surface area contributed by atoms with Crippen LogP contribution in [0.4, 0.5) is 5.82 Å². The smallest absolute Gasteiger partial charge is 0.139 e. The van der Waals surface area contributed by atoms with Crippen LogP contribution in [-0.4, -0.2) is 22.9 Å². The summed E-state index contributed by atoms with van der Waals surface area (Å²) in [5.74, 6) is 0.857. The molecule has 5 nitrogen and oxygen atoms in total. The van der Waals surface area contributed by atoms with Crippen molar-refractivity contribution in [1.29, 1.82) is 5.26 Å². The fourth-order valence-corrected chi connectivity index (χ4v) is 2.05. The molecule has 0 aliphatic carbocycles. The third-order valence-corrected chi connectivity index (χ3v) is 2.96. The van der Waals surface area contributed by atoms with Gasteiger partial charge in [0.15, 0.2) is 0 Å². The van der Waals surface area contributed by atoms with Gasteiger partial charge in [-0.1, -0.05) is 0 Å². The van der Waals surface area contributed by atoms with Gasteiger partial charge in [0, 0.05) is 13.0 Å². The molecule has 1 fully saturated rings. The van der Waals surface area contributed by atoms with E-state index in [0.29, 0.717) is 17.3 Å². The number of nitrogen functional groups attached to an aromatic ring is 1. The van der Waals surface area contributed by atoms with Gasteiger partial charge in [-0.3, -0.25) is 4.68 Å². The van der Waals surface area contributed by atoms with Crippen LogP contribution in [0.5, 0.6) is 0 Å². The van der Waals surface area contributed by atoms with Crippen molar-refractivity contribution in [3.8, 4) is 6.07 Å². The summed E-state index contributed by atoms with van der Waals surface area (Å²) < 4.78 is 1.59. The molecule has 0 aromatic carbocycles. The zero-order valence-corrected chi connectivity index (χ0v) is 8.82. The zero-order valence-electron chi connectivity index (χ0n) is 8.82. The number of aryl methyl sites for hydroxylation is 1. The molecule has 0 unspecified atom stereocenters. The Labute approximate surface area is 88.9 Å². The second-order valence-electron chi connectivity index (χ2n) is 3.91. The quantitative estimate of drug-likeness (QED) is 0.693. The van der Waals surface area contributed by atoms with Gasteiger partial charge in [0.2, 0.25) is 0 Å². The largest absolute Gasteiger partial charge is 0.383 e. The van der Waals surface area contributed by atoms with E-state index in [1.807, 2.05) is 0 Å². The van der Waals surface area contributed by atoms with E-state index in [0.717, 1.165) is 31.6 Å². The predicted molar refractivity (Wildman–Crippen MR) is 57.2 cm³/mol. The average molecular weight is 205 g/mol. The summed E-state index contributed by atoms with van der Waals surface area (Å²) in [5, 5.41) is 16.7. The van der Waals surface area contributed by atoms with Gasteiger partial charge in [-0.15, -0.1) is 0 Å². The second kappa shape index (κ2) is 3.91. The van der Waals surface area contributed by atoms with Crippen molar-refractivity contribution in [2.24, 2.45) is 7.05 Å². The van der Waals surface area contributed by atoms with Crippen LogP contribution in [0.3, 0.4) is 0 Å². The summed E-state index contributed by atoms with van der Waals surface area (Å²) in [6.45, 7) is 1.98. The maximum Gasteiger partial charge on any atom is 0.139 e. The first-order chi connectivity index (χ1) is 7.24. The molecule has 1 aromatic rings. The Bertz CT molecular complexity index is 395. The highest BCUT2D eigenvalue weighted by molar-refractivity contribution is 5.53. The van der Waals surface area contributed by atoms with Gasteiger partial charge >= 0.3 is 0 Å². The van der Waals surface area contributed by atoms with Gasteiger partial charge in [-0.2, -0.15) is 10.4 Å². The first-order valence-electron chi connectivity index (χ1n) is 5.17. The van der Waals surface area contributed by atoms with Crippen LogP contribution in [0.15, 0.2) is 0 Å². The third-order valence-electron chi connectivity index (χ3n) is 2.96. The molecule has 0 atom stereocenters. The fraction of sp³-hybridized carbons (Fsp3) is 0.600. The van der Waals surface area contributed by atoms with Crippen molar-refractivity contribution in [1.82, 2.24) is 15.1 Å². The summed E-state index contributed by atoms with van der Waals surface area (Å²) in [6, 6.07) is 2.15. The number of nitrogens with zero attached hydrogens (tertiary/aromatic N) is 3. The lowest BCUT2D eigenvalue weighted by atomic mass is 9.92. The second-order valence-corrected chi connectivity index (χ2v) is 3.91. The summed E-state index contributed by atoms with van der Waals surface area (Å²) in [4.78, 5) is 0. The highest BCUT2D eigenvalue weighted by atomic mass is 15.3. The maximum atomic E-state index is 9.04. The molecule has 0 amide bonds. The summed E-state index contributed by atoms with van der Waals surface area (Å²) in [5.41, 5.74) is 7.22. The Morgan fingerprint density at radius 2 is 2.20 bits per heavy atom. The lowest BCUT2D eigenvalue weighted by Gasteiger charge is -2.20. The van der Waals surface area contributed by atoms with Gasteiger partial charge in [-0.05, 0) is 25.9 Å². The van der Waals surface area contributed by atoms with Crippen molar-refractivity contribution in [3.05, 3.63) is 11.3 Å². The third kappa shape index (κ3) is 1.68. The van der Waals surface area contributed by atoms with Crippen LogP contribution in [0.25, 0.3) is 0 Å². The van der Waals surface area contributed by atoms with Crippen LogP contribution in [0.2, 0.25) is 0 Å². The van der Waals surface area contributed by atoms with Crippen LogP contribution < -0.4 is 11.1 Å². The van der Waals surface area contributed by atoms with Crippen molar-refractivity contribution in [2.75, 3.05) is 18.8 Å². The highest BCUT2D eigenvalue weighted by Gasteiger charge is 2.23. The number of hydrogen-bond donors (Lipinski definition) is 2. The Hall–Kier alpha value is -1.54. The monoisotopic (exact) mass is 205 g/mol. The Morgan fingerprint density at radius 3 is 2.80 bits per heavy atom. The van der Waals surface area contributed by atoms with Gasteiger partial charge < -0.3 is 11.1 Å². The lowest BCUT2D eigenvalue weighted by Crippen LogP contribution is -2.27. The zero-order chi connectivity index (χ0) is 10.8. The molecule has 1 saturated heterocycles. The van der Waals surface area contributed by atoms with E-state index in [9.17, 15) is 0 Å². The minimum atomic E-state index is 0.379. The molecule has 0 saturated carbocycles. The van der Waals surface area contributed by atoms with E-state index in [4.69, 9.17) is 11.0 Å². The number of hydrogen-bond acceptors (Lipinski definition) is 4. The summed E-state index contributed by atoms with van der Waals surface area (Å²) in [7, 11) is 1.78. The van der Waals surface area contributed by atoms with Crippen molar-refractivity contribution >= 4 is 5.82 Å². The van der Waals surface area contributed by atoms with Gasteiger partial charge in [-0.25, -0.2) is 0 Å². The molecule has 1 aliphatic heterocycles. The van der Waals surface area contributed by atoms with Gasteiger partial charge in [0.05, 0.1) is 5.69 Å². The number of nitriles is 1. The number of rotatable bonds is 1. The average Bonchev–Trinajstić information content (AvgIpc) is 2.56. The number of nitrogens with one attached hydrogen (secondary N) is 1. The van der Waals surface area contributed by atoms with E-state index in [1.54, 1.807) is 11.7 Å². The van der Waals surface area contributed by atoms with Crippen LogP contribution >= 0.6 is 0 Å². The van der Waals surface area contributed by atoms with Crippen molar-refractivity contribution < 1.29 is 0 Å². The maximum absolute atomic E-state index is 9.04. The first-order valence-corrected chi connectivity index (χ1v) is 5.17. The number of anilines is 1. The van der Waals surface area contributed by atoms with Crippen LogP contribution in [0, 0.1) is 11.3 Å². The molecular formula is C10H15N5. The summed E-state index contributed by atoms with van der Waals surface area (Å²) in [6.07, 6.45) is 2.07. The SMILES string of the molecule is Cn1nc(C2CCNCC2)c(C#N)c1N. The molecule has 3 N–H and O–H groups in total. The normalized spacial score (nSPS) is 17.6. The van der Waals surface area contributed by atoms with E-state index in [1.165, 1.54) is 0 Å². The molecule has 80 valence electrons. The minimum Gasteiger partial charge on any atom is -0.383 e. The lowest BCUT2D eigenvalue weighted by molar-refractivity contribution is 0.449. The van der Waals surface area contributed by atoms with E-state index >= 15 is 0 Å². The first kappa shape index (κ1) is 9.99. The number of nitrogens with two attached hydrogens (primary N) is 1. The molecule has 1 aromatic heterocycles. The predicted octanol–water partition coefficient (Wildman–Crippen LogP) is 0.341. The molecule has 0 spiro atoms. The molecule has 1 aliphatic rings. The molecule has 0 bridgehead atoms.